The van der Waals surface area contributed by atoms with Crippen LogP contribution in [0.25, 0.3) is 11.0 Å². The summed E-state index contributed by atoms with van der Waals surface area (Å²) in [7, 11) is 3.41. The molecular formula is C16H17F2N5O. The summed E-state index contributed by atoms with van der Waals surface area (Å²) >= 11 is 0. The molecule has 0 aliphatic carbocycles. The molecule has 3 rings (SSSR count). The van der Waals surface area contributed by atoms with Crippen LogP contribution in [-0.2, 0) is 13.6 Å². The van der Waals surface area contributed by atoms with E-state index in [1.165, 1.54) is 29.1 Å². The van der Waals surface area contributed by atoms with Gasteiger partial charge in [0.05, 0.1) is 12.7 Å². The van der Waals surface area contributed by atoms with Crippen LogP contribution in [0.2, 0.25) is 0 Å². The van der Waals surface area contributed by atoms with E-state index in [9.17, 15) is 13.6 Å². The molecule has 2 aromatic heterocycles. The number of hydrogen-bond donors (Lipinski definition) is 1. The van der Waals surface area contributed by atoms with E-state index in [1.54, 1.807) is 25.9 Å². The van der Waals surface area contributed by atoms with Crippen molar-refractivity contribution in [3.8, 4) is 0 Å². The number of halogens is 2. The summed E-state index contributed by atoms with van der Waals surface area (Å²) in [6.07, 6.45) is 1.45. The average molecular weight is 333 g/mol. The first-order chi connectivity index (χ1) is 11.4. The molecule has 0 aliphatic rings. The number of aromatic nitrogens is 4. The molecule has 0 saturated heterocycles. The maximum atomic E-state index is 13.9. The highest BCUT2D eigenvalue weighted by atomic mass is 19.1. The molecule has 3 aromatic rings. The summed E-state index contributed by atoms with van der Waals surface area (Å²) < 4.78 is 29.4. The third-order valence-corrected chi connectivity index (χ3v) is 4.13. The molecule has 6 nitrogen and oxygen atoms in total. The quantitative estimate of drug-likeness (QED) is 0.794. The molecule has 0 fully saturated rings. The summed E-state index contributed by atoms with van der Waals surface area (Å²) in [6, 6.07) is 3.25. The SMILES string of the molecule is CC(c1c(F)cccc1F)N(C)Cc1nc2c(cnn2C)c(=O)[nH]1. The van der Waals surface area contributed by atoms with E-state index < -0.39 is 17.7 Å². The van der Waals surface area contributed by atoms with Crippen molar-refractivity contribution >= 4 is 11.0 Å². The van der Waals surface area contributed by atoms with Crippen molar-refractivity contribution in [1.29, 1.82) is 0 Å². The Morgan fingerprint density at radius 2 is 2.00 bits per heavy atom. The van der Waals surface area contributed by atoms with Crippen LogP contribution in [0, 0.1) is 11.6 Å². The van der Waals surface area contributed by atoms with E-state index in [-0.39, 0.29) is 17.7 Å². The Bertz CT molecular complexity index is 929. The highest BCUT2D eigenvalue weighted by Crippen LogP contribution is 2.25. The van der Waals surface area contributed by atoms with Crippen LogP contribution in [0.4, 0.5) is 8.78 Å². The number of aromatic amines is 1. The molecule has 0 saturated carbocycles. The number of aryl methyl sites for hydroxylation is 1. The topological polar surface area (TPSA) is 66.8 Å². The van der Waals surface area contributed by atoms with Crippen LogP contribution >= 0.6 is 0 Å². The lowest BCUT2D eigenvalue weighted by atomic mass is 10.1. The van der Waals surface area contributed by atoms with Gasteiger partial charge in [-0.25, -0.2) is 13.8 Å². The Balaban J connectivity index is 1.90. The maximum absolute atomic E-state index is 13.9. The Labute approximate surface area is 136 Å². The minimum atomic E-state index is -0.599. The van der Waals surface area contributed by atoms with Gasteiger partial charge in [0.25, 0.3) is 5.56 Å². The molecule has 0 amide bonds. The van der Waals surface area contributed by atoms with Crippen LogP contribution in [0.1, 0.15) is 24.4 Å². The monoisotopic (exact) mass is 333 g/mol. The molecule has 0 aliphatic heterocycles. The second-order valence-corrected chi connectivity index (χ2v) is 5.74. The normalized spacial score (nSPS) is 12.9. The molecule has 0 spiro atoms. The maximum Gasteiger partial charge on any atom is 0.262 e. The van der Waals surface area contributed by atoms with Crippen molar-refractivity contribution in [3.63, 3.8) is 0 Å². The second kappa shape index (κ2) is 6.12. The largest absolute Gasteiger partial charge is 0.309 e. The zero-order valence-electron chi connectivity index (χ0n) is 13.5. The molecular weight excluding hydrogens is 316 g/mol. The average Bonchev–Trinajstić information content (AvgIpc) is 2.89. The first-order valence-electron chi connectivity index (χ1n) is 7.43. The van der Waals surface area contributed by atoms with Gasteiger partial charge < -0.3 is 4.98 Å². The van der Waals surface area contributed by atoms with Crippen LogP contribution in [0.5, 0.6) is 0 Å². The smallest absolute Gasteiger partial charge is 0.262 e. The molecule has 1 aromatic carbocycles. The highest BCUT2D eigenvalue weighted by molar-refractivity contribution is 5.72. The van der Waals surface area contributed by atoms with Gasteiger partial charge in [0.15, 0.2) is 5.65 Å². The zero-order valence-corrected chi connectivity index (χ0v) is 13.5. The first-order valence-corrected chi connectivity index (χ1v) is 7.43. The fraction of sp³-hybridized carbons (Fsp3) is 0.312. The van der Waals surface area contributed by atoms with Crippen molar-refractivity contribution in [2.75, 3.05) is 7.05 Å². The minimum Gasteiger partial charge on any atom is -0.309 e. The number of rotatable bonds is 4. The van der Waals surface area contributed by atoms with E-state index >= 15 is 0 Å². The number of fused-ring (bicyclic) bond motifs is 1. The summed E-state index contributed by atoms with van der Waals surface area (Å²) in [4.78, 5) is 20.8. The highest BCUT2D eigenvalue weighted by Gasteiger charge is 2.21. The van der Waals surface area contributed by atoms with Crippen LogP contribution < -0.4 is 5.56 Å². The van der Waals surface area contributed by atoms with E-state index in [1.807, 2.05) is 0 Å². The molecule has 2 heterocycles. The van der Waals surface area contributed by atoms with Crippen molar-refractivity contribution in [2.24, 2.45) is 7.05 Å². The molecule has 0 radical (unpaired) electrons. The lowest BCUT2D eigenvalue weighted by Crippen LogP contribution is -2.26. The van der Waals surface area contributed by atoms with E-state index in [0.29, 0.717) is 16.9 Å². The molecule has 0 bridgehead atoms. The van der Waals surface area contributed by atoms with Gasteiger partial charge in [0.2, 0.25) is 0 Å². The fourth-order valence-electron chi connectivity index (χ4n) is 2.66. The third-order valence-electron chi connectivity index (χ3n) is 4.13. The lowest BCUT2D eigenvalue weighted by molar-refractivity contribution is 0.236. The van der Waals surface area contributed by atoms with Gasteiger partial charge >= 0.3 is 0 Å². The van der Waals surface area contributed by atoms with Crippen LogP contribution in [-0.4, -0.2) is 31.7 Å². The standard InChI is InChI=1S/C16H17F2N5O/c1-9(14-11(17)5-4-6-12(14)18)22(2)8-13-20-15-10(16(24)21-13)7-19-23(15)3/h4-7,9H,8H2,1-3H3,(H,20,21,24). The third kappa shape index (κ3) is 2.80. The summed E-state index contributed by atoms with van der Waals surface area (Å²) in [5, 5.41) is 4.40. The minimum absolute atomic E-state index is 0.0102. The summed E-state index contributed by atoms with van der Waals surface area (Å²) in [5.74, 6) is -0.794. The molecule has 1 unspecified atom stereocenters. The Hall–Kier alpha value is -2.61. The number of hydrogen-bond acceptors (Lipinski definition) is 4. The van der Waals surface area contributed by atoms with Gasteiger partial charge in [-0.05, 0) is 26.1 Å². The molecule has 1 atom stereocenters. The van der Waals surface area contributed by atoms with Gasteiger partial charge in [-0.1, -0.05) is 6.07 Å². The predicted molar refractivity (Wildman–Crippen MR) is 85.4 cm³/mol. The van der Waals surface area contributed by atoms with Crippen LogP contribution in [0.15, 0.2) is 29.2 Å². The van der Waals surface area contributed by atoms with Gasteiger partial charge in [0, 0.05) is 18.7 Å². The van der Waals surface area contributed by atoms with Crippen molar-refractivity contribution in [3.05, 3.63) is 57.8 Å². The molecule has 1 N–H and O–H groups in total. The van der Waals surface area contributed by atoms with Crippen LogP contribution in [0.3, 0.4) is 0 Å². The number of nitrogens with zero attached hydrogens (tertiary/aromatic N) is 4. The second-order valence-electron chi connectivity index (χ2n) is 5.74. The number of nitrogens with one attached hydrogen (secondary N) is 1. The van der Waals surface area contributed by atoms with Crippen molar-refractivity contribution in [2.45, 2.75) is 19.5 Å². The van der Waals surface area contributed by atoms with Gasteiger partial charge in [-0.15, -0.1) is 0 Å². The van der Waals surface area contributed by atoms with Gasteiger partial charge in [-0.3, -0.25) is 14.4 Å². The van der Waals surface area contributed by atoms with E-state index in [4.69, 9.17) is 0 Å². The predicted octanol–water partition coefficient (Wildman–Crippen LogP) is 2.13. The van der Waals surface area contributed by atoms with Gasteiger partial charge in [-0.2, -0.15) is 5.10 Å². The zero-order chi connectivity index (χ0) is 17.4. The van der Waals surface area contributed by atoms with Gasteiger partial charge in [0.1, 0.15) is 22.8 Å². The Kier molecular flexibility index (Phi) is 4.15. The molecule has 8 heteroatoms. The number of benzene rings is 1. The lowest BCUT2D eigenvalue weighted by Gasteiger charge is -2.25. The van der Waals surface area contributed by atoms with E-state index in [0.717, 1.165) is 0 Å². The summed E-state index contributed by atoms with van der Waals surface area (Å²) in [6.45, 7) is 1.92. The summed E-state index contributed by atoms with van der Waals surface area (Å²) in [5.41, 5.74) is 0.164. The molecule has 126 valence electrons. The molecule has 24 heavy (non-hydrogen) atoms. The Morgan fingerprint density at radius 3 is 2.67 bits per heavy atom. The first kappa shape index (κ1) is 16.3. The number of H-pyrrole nitrogens is 1. The van der Waals surface area contributed by atoms with Crippen molar-refractivity contribution in [1.82, 2.24) is 24.6 Å². The van der Waals surface area contributed by atoms with Crippen molar-refractivity contribution < 1.29 is 8.78 Å². The Morgan fingerprint density at radius 1 is 1.33 bits per heavy atom. The van der Waals surface area contributed by atoms with E-state index in [2.05, 4.69) is 15.1 Å². The fourth-order valence-corrected chi connectivity index (χ4v) is 2.66.